The van der Waals surface area contributed by atoms with Crippen LogP contribution in [0.15, 0.2) is 73.3 Å². The smallest absolute Gasteiger partial charge is 0.181 e. The van der Waals surface area contributed by atoms with Crippen LogP contribution in [0.5, 0.6) is 0 Å². The number of imidazole rings is 1. The molecule has 5 heterocycles. The van der Waals surface area contributed by atoms with Crippen LogP contribution in [0.3, 0.4) is 0 Å². The summed E-state index contributed by atoms with van der Waals surface area (Å²) < 4.78 is 0. The van der Waals surface area contributed by atoms with Gasteiger partial charge in [-0.2, -0.15) is 5.10 Å². The highest BCUT2D eigenvalue weighted by atomic mass is 16.1. The second-order valence-corrected chi connectivity index (χ2v) is 8.32. The molecule has 0 saturated carbocycles. The fourth-order valence-electron chi connectivity index (χ4n) is 4.18. The molecule has 0 atom stereocenters. The van der Waals surface area contributed by atoms with Crippen molar-refractivity contribution in [2.24, 2.45) is 0 Å². The van der Waals surface area contributed by atoms with E-state index in [0.717, 1.165) is 50.1 Å². The second kappa shape index (κ2) is 8.57. The van der Waals surface area contributed by atoms with E-state index in [1.54, 1.807) is 24.8 Å². The number of fused-ring (bicyclic) bond motifs is 2. The predicted octanol–water partition coefficient (Wildman–Crippen LogP) is 5.15. The van der Waals surface area contributed by atoms with E-state index in [9.17, 15) is 4.79 Å². The van der Waals surface area contributed by atoms with Gasteiger partial charge in [0.05, 0.1) is 16.4 Å². The molecule has 0 radical (unpaired) electrons. The normalized spacial score (nSPS) is 11.3. The summed E-state index contributed by atoms with van der Waals surface area (Å²) in [6, 6.07) is 15.9. The molecule has 0 aliphatic rings. The molecule has 8 heteroatoms. The second-order valence-electron chi connectivity index (χ2n) is 8.32. The number of carbonyl (C=O) groups is 1. The first kappa shape index (κ1) is 20.9. The number of nitrogens with one attached hydrogen (secondary N) is 2. The molecule has 0 saturated heterocycles. The number of aromatic amines is 2. The molecule has 1 aromatic carbocycles. The van der Waals surface area contributed by atoms with Gasteiger partial charge in [-0.25, -0.2) is 9.97 Å². The molecule has 8 nitrogen and oxygen atoms in total. The van der Waals surface area contributed by atoms with E-state index in [1.165, 1.54) is 0 Å². The lowest BCUT2D eigenvalue weighted by Crippen LogP contribution is -2.02. The maximum atomic E-state index is 11.7. The summed E-state index contributed by atoms with van der Waals surface area (Å²) in [6.45, 7) is 1.86. The molecule has 0 fully saturated rings. The summed E-state index contributed by atoms with van der Waals surface area (Å²) >= 11 is 0. The molecule has 0 bridgehead atoms. The summed E-state index contributed by atoms with van der Waals surface area (Å²) in [5, 5.41) is 8.33. The summed E-state index contributed by atoms with van der Waals surface area (Å²) in [4.78, 5) is 33.2. The minimum Gasteiger partial charge on any atom is -0.337 e. The van der Waals surface area contributed by atoms with Crippen LogP contribution >= 0.6 is 0 Å². The maximum absolute atomic E-state index is 11.7. The fourth-order valence-corrected chi connectivity index (χ4v) is 4.18. The highest BCUT2D eigenvalue weighted by molar-refractivity contribution is 5.97. The molecule has 0 spiro atoms. The molecule has 0 unspecified atom stereocenters. The third kappa shape index (κ3) is 3.85. The summed E-state index contributed by atoms with van der Waals surface area (Å²) in [5.74, 6) is 0.865. The number of ketones is 1. The topological polar surface area (TPSA) is 113 Å². The third-order valence-electron chi connectivity index (χ3n) is 6.08. The number of Topliss-reactive ketones (excluding diaryl/α,β-unsaturated/α-hetero) is 1. The van der Waals surface area contributed by atoms with Gasteiger partial charge in [0.2, 0.25) is 0 Å². The number of hydrogen-bond donors (Lipinski definition) is 2. The van der Waals surface area contributed by atoms with Crippen LogP contribution in [0.2, 0.25) is 0 Å². The van der Waals surface area contributed by atoms with Crippen molar-refractivity contribution in [2.75, 3.05) is 0 Å². The van der Waals surface area contributed by atoms with Gasteiger partial charge in [0, 0.05) is 60.0 Å². The van der Waals surface area contributed by atoms with E-state index in [1.807, 2.05) is 49.4 Å². The molecule has 0 amide bonds. The molecule has 2 N–H and O–H groups in total. The Kier molecular flexibility index (Phi) is 5.11. The Bertz CT molecular complexity index is 1670. The summed E-state index contributed by atoms with van der Waals surface area (Å²) in [6.07, 6.45) is 7.98. The lowest BCUT2D eigenvalue weighted by atomic mass is 10.1. The number of carbonyl (C=O) groups excluding carboxylic acids is 1. The molecule has 35 heavy (non-hydrogen) atoms. The molecule has 6 rings (SSSR count). The van der Waals surface area contributed by atoms with Gasteiger partial charge in [-0.05, 0) is 35.9 Å². The van der Waals surface area contributed by atoms with Crippen molar-refractivity contribution >= 4 is 27.9 Å². The van der Waals surface area contributed by atoms with Gasteiger partial charge in [0.1, 0.15) is 11.5 Å². The van der Waals surface area contributed by atoms with E-state index in [2.05, 4.69) is 36.2 Å². The van der Waals surface area contributed by atoms with Crippen molar-refractivity contribution in [3.05, 3.63) is 79.0 Å². The van der Waals surface area contributed by atoms with Gasteiger partial charge in [-0.1, -0.05) is 25.1 Å². The monoisotopic (exact) mass is 459 g/mol. The Balaban J connectivity index is 1.40. The van der Waals surface area contributed by atoms with Crippen LogP contribution in [0.1, 0.15) is 19.0 Å². The van der Waals surface area contributed by atoms with Gasteiger partial charge in [-0.15, -0.1) is 0 Å². The van der Waals surface area contributed by atoms with Crippen molar-refractivity contribution in [3.63, 3.8) is 0 Å². The van der Waals surface area contributed by atoms with E-state index >= 15 is 0 Å². The zero-order valence-corrected chi connectivity index (χ0v) is 19.0. The highest BCUT2D eigenvalue weighted by Crippen LogP contribution is 2.32. The van der Waals surface area contributed by atoms with Crippen LogP contribution < -0.4 is 0 Å². The largest absolute Gasteiger partial charge is 0.337 e. The van der Waals surface area contributed by atoms with Crippen LogP contribution in [0, 0.1) is 0 Å². The summed E-state index contributed by atoms with van der Waals surface area (Å²) in [7, 11) is 0. The van der Waals surface area contributed by atoms with E-state index in [0.29, 0.717) is 24.3 Å². The Hall–Kier alpha value is -4.72. The maximum Gasteiger partial charge on any atom is 0.181 e. The molecular weight excluding hydrogens is 438 g/mol. The summed E-state index contributed by atoms with van der Waals surface area (Å²) in [5.41, 5.74) is 7.87. The zero-order chi connectivity index (χ0) is 23.8. The van der Waals surface area contributed by atoms with Crippen molar-refractivity contribution in [1.82, 2.24) is 35.1 Å². The van der Waals surface area contributed by atoms with Gasteiger partial charge in [0.15, 0.2) is 11.5 Å². The van der Waals surface area contributed by atoms with Crippen molar-refractivity contribution < 1.29 is 4.79 Å². The zero-order valence-electron chi connectivity index (χ0n) is 19.0. The number of benzene rings is 1. The molecule has 0 aliphatic heterocycles. The first-order valence-corrected chi connectivity index (χ1v) is 11.4. The van der Waals surface area contributed by atoms with E-state index in [4.69, 9.17) is 4.98 Å². The quantitative estimate of drug-likeness (QED) is 0.356. The van der Waals surface area contributed by atoms with Crippen LogP contribution in [0.4, 0.5) is 0 Å². The van der Waals surface area contributed by atoms with Crippen LogP contribution in [-0.4, -0.2) is 40.9 Å². The molecule has 170 valence electrons. The highest BCUT2D eigenvalue weighted by Gasteiger charge is 2.16. The first-order valence-electron chi connectivity index (χ1n) is 11.4. The van der Waals surface area contributed by atoms with Gasteiger partial charge in [-0.3, -0.25) is 19.9 Å². The molecule has 5 aromatic heterocycles. The van der Waals surface area contributed by atoms with E-state index < -0.39 is 0 Å². The number of hydrogen-bond acceptors (Lipinski definition) is 6. The SMILES string of the molecule is CCC(=O)Cc1ccc(-c2cnc3n[nH]c(-c4nc5c(-c6ccncc6)cccc5[nH]4)c3c2)cn1. The minimum atomic E-state index is 0.175. The number of H-pyrrole nitrogens is 2. The van der Waals surface area contributed by atoms with Gasteiger partial charge in [0.25, 0.3) is 0 Å². The standard InChI is InChI=1S/C27H21N7O/c1-2-20(35)13-19-7-6-17(14-29-19)18-12-22-25(33-34-26(22)30-15-18)27-31-23-5-3-4-21(24(23)32-27)16-8-10-28-11-9-16/h3-12,14-15H,2,13H2,1H3,(H,31,32)(H,30,33,34). The number of aromatic nitrogens is 7. The fraction of sp³-hybridized carbons (Fsp3) is 0.111. The van der Waals surface area contributed by atoms with E-state index in [-0.39, 0.29) is 5.78 Å². The van der Waals surface area contributed by atoms with Gasteiger partial charge < -0.3 is 4.98 Å². The Morgan fingerprint density at radius 3 is 2.60 bits per heavy atom. The number of nitrogens with zero attached hydrogens (tertiary/aromatic N) is 5. The lowest BCUT2D eigenvalue weighted by molar-refractivity contribution is -0.118. The van der Waals surface area contributed by atoms with Crippen molar-refractivity contribution in [3.8, 4) is 33.8 Å². The van der Waals surface area contributed by atoms with Crippen LogP contribution in [0.25, 0.3) is 55.8 Å². The van der Waals surface area contributed by atoms with Crippen molar-refractivity contribution in [1.29, 1.82) is 0 Å². The first-order chi connectivity index (χ1) is 17.2. The predicted molar refractivity (Wildman–Crippen MR) is 134 cm³/mol. The average molecular weight is 460 g/mol. The number of rotatable bonds is 6. The Labute approximate surface area is 200 Å². The average Bonchev–Trinajstić information content (AvgIpc) is 3.53. The van der Waals surface area contributed by atoms with Crippen molar-refractivity contribution in [2.45, 2.75) is 19.8 Å². The van der Waals surface area contributed by atoms with Gasteiger partial charge >= 0.3 is 0 Å². The van der Waals surface area contributed by atoms with Crippen LogP contribution in [-0.2, 0) is 11.2 Å². The third-order valence-corrected chi connectivity index (χ3v) is 6.08. The minimum absolute atomic E-state index is 0.175. The molecule has 6 aromatic rings. The Morgan fingerprint density at radius 1 is 0.943 bits per heavy atom. The Morgan fingerprint density at radius 2 is 1.80 bits per heavy atom. The number of pyridine rings is 3. The molecular formula is C27H21N7O. The number of para-hydroxylation sites is 1. The lowest BCUT2D eigenvalue weighted by Gasteiger charge is -2.03. The molecule has 0 aliphatic carbocycles.